The number of carbonyl (C=O) groups excluding carboxylic acids is 1. The summed E-state index contributed by atoms with van der Waals surface area (Å²) < 4.78 is 0. The molecule has 0 bridgehead atoms. The van der Waals surface area contributed by atoms with Gasteiger partial charge in [-0.05, 0) is 37.5 Å². The van der Waals surface area contributed by atoms with E-state index in [-0.39, 0.29) is 11.9 Å². The Balaban J connectivity index is 1.49. The number of nitrogens with zero attached hydrogens (tertiary/aromatic N) is 2. The number of carbonyl (C=O) groups is 1. The van der Waals surface area contributed by atoms with Crippen molar-refractivity contribution in [3.63, 3.8) is 0 Å². The molecule has 2 N–H and O–H groups in total. The van der Waals surface area contributed by atoms with E-state index < -0.39 is 0 Å². The fraction of sp³-hybridized carbons (Fsp3) is 0.333. The predicted octanol–water partition coefficient (Wildman–Crippen LogP) is 3.17. The summed E-state index contributed by atoms with van der Waals surface area (Å²) in [5, 5.41) is 11.0. The highest BCUT2D eigenvalue weighted by atomic mass is 35.5. The quantitative estimate of drug-likeness (QED) is 0.837. The van der Waals surface area contributed by atoms with Crippen molar-refractivity contribution >= 4 is 29.4 Å². The molecule has 1 amide bonds. The Morgan fingerprint density at radius 1 is 1.38 bits per heavy atom. The van der Waals surface area contributed by atoms with Crippen LogP contribution in [0.15, 0.2) is 36.4 Å². The number of hydrogen-bond donors (Lipinski definition) is 2. The lowest BCUT2D eigenvalue weighted by Gasteiger charge is -2.32. The van der Waals surface area contributed by atoms with Crippen LogP contribution in [0, 0.1) is 6.92 Å². The molecule has 24 heavy (non-hydrogen) atoms. The molecule has 5 nitrogen and oxygen atoms in total. The first kappa shape index (κ1) is 16.6. The molecule has 6 heteroatoms. The first-order valence-electron chi connectivity index (χ1n) is 8.12. The normalized spacial score (nSPS) is 15.8. The fourth-order valence-corrected chi connectivity index (χ4v) is 3.04. The van der Waals surface area contributed by atoms with Crippen molar-refractivity contribution < 1.29 is 4.79 Å². The van der Waals surface area contributed by atoms with Crippen LogP contribution in [-0.2, 0) is 4.79 Å². The second-order valence-corrected chi connectivity index (χ2v) is 6.44. The van der Waals surface area contributed by atoms with E-state index in [1.165, 1.54) is 0 Å². The molecule has 1 aromatic heterocycles. The number of H-pyrrole nitrogens is 1. The Bertz CT molecular complexity index is 732. The highest BCUT2D eigenvalue weighted by Gasteiger charge is 2.21. The minimum Gasteiger partial charge on any atom is -0.355 e. The van der Waals surface area contributed by atoms with Gasteiger partial charge >= 0.3 is 0 Å². The summed E-state index contributed by atoms with van der Waals surface area (Å²) in [6.45, 7) is 3.78. The summed E-state index contributed by atoms with van der Waals surface area (Å²) in [7, 11) is 0. The number of piperidine rings is 1. The van der Waals surface area contributed by atoms with Gasteiger partial charge < -0.3 is 10.2 Å². The number of aromatic nitrogens is 2. The second-order valence-electron chi connectivity index (χ2n) is 6.03. The minimum absolute atomic E-state index is 0.0796. The van der Waals surface area contributed by atoms with Crippen LogP contribution in [0.3, 0.4) is 0 Å². The Morgan fingerprint density at radius 3 is 2.79 bits per heavy atom. The first-order valence-corrected chi connectivity index (χ1v) is 8.49. The minimum atomic E-state index is -0.0796. The van der Waals surface area contributed by atoms with Crippen molar-refractivity contribution in [1.29, 1.82) is 0 Å². The molecule has 2 heterocycles. The predicted molar refractivity (Wildman–Crippen MR) is 97.2 cm³/mol. The van der Waals surface area contributed by atoms with E-state index in [0.717, 1.165) is 43.0 Å². The van der Waals surface area contributed by atoms with Gasteiger partial charge in [0.15, 0.2) is 5.82 Å². The van der Waals surface area contributed by atoms with Gasteiger partial charge in [0, 0.05) is 42.0 Å². The first-order chi connectivity index (χ1) is 11.6. The highest BCUT2D eigenvalue weighted by Crippen LogP contribution is 2.19. The topological polar surface area (TPSA) is 61.0 Å². The van der Waals surface area contributed by atoms with E-state index in [2.05, 4.69) is 20.4 Å². The second kappa shape index (κ2) is 7.53. The summed E-state index contributed by atoms with van der Waals surface area (Å²) in [5.41, 5.74) is 1.91. The largest absolute Gasteiger partial charge is 0.355 e. The van der Waals surface area contributed by atoms with Gasteiger partial charge in [-0.15, -0.1) is 0 Å². The zero-order chi connectivity index (χ0) is 16.9. The molecule has 1 aliphatic heterocycles. The Kier molecular flexibility index (Phi) is 5.20. The molecule has 1 aromatic carbocycles. The van der Waals surface area contributed by atoms with Gasteiger partial charge in [-0.25, -0.2) is 0 Å². The number of aromatic amines is 1. The molecule has 126 valence electrons. The van der Waals surface area contributed by atoms with Crippen molar-refractivity contribution in [3.05, 3.63) is 52.7 Å². The van der Waals surface area contributed by atoms with Crippen LogP contribution in [0.25, 0.3) is 6.08 Å². The maximum Gasteiger partial charge on any atom is 0.244 e. The Morgan fingerprint density at radius 2 is 2.12 bits per heavy atom. The van der Waals surface area contributed by atoms with Crippen molar-refractivity contribution in [2.45, 2.75) is 25.8 Å². The van der Waals surface area contributed by atoms with Gasteiger partial charge in [-0.1, -0.05) is 29.8 Å². The molecule has 0 radical (unpaired) electrons. The molecule has 0 saturated carbocycles. The van der Waals surface area contributed by atoms with E-state index in [1.54, 1.807) is 12.2 Å². The molecule has 1 aliphatic rings. The Labute approximate surface area is 146 Å². The molecular formula is C18H21ClN4O. The van der Waals surface area contributed by atoms with Gasteiger partial charge in [0.05, 0.1) is 0 Å². The van der Waals surface area contributed by atoms with E-state index in [1.807, 2.05) is 37.3 Å². The molecule has 2 aromatic rings. The van der Waals surface area contributed by atoms with E-state index in [0.29, 0.717) is 5.02 Å². The fourth-order valence-electron chi connectivity index (χ4n) is 2.84. The van der Waals surface area contributed by atoms with E-state index in [4.69, 9.17) is 11.6 Å². The summed E-state index contributed by atoms with van der Waals surface area (Å²) in [6.07, 6.45) is 5.12. The number of rotatable bonds is 4. The average molecular weight is 345 g/mol. The molecule has 3 rings (SSSR count). The summed E-state index contributed by atoms with van der Waals surface area (Å²) in [4.78, 5) is 14.3. The van der Waals surface area contributed by atoms with Crippen LogP contribution in [0.1, 0.15) is 24.1 Å². The third-order valence-corrected chi connectivity index (χ3v) is 4.52. The van der Waals surface area contributed by atoms with E-state index >= 15 is 0 Å². The average Bonchev–Trinajstić information content (AvgIpc) is 3.01. The van der Waals surface area contributed by atoms with Gasteiger partial charge in [0.25, 0.3) is 0 Å². The van der Waals surface area contributed by atoms with Crippen LogP contribution >= 0.6 is 11.6 Å². The van der Waals surface area contributed by atoms with Crippen molar-refractivity contribution in [2.24, 2.45) is 0 Å². The SMILES string of the molecule is Cc1cc(N2CCC(NC(=O)/C=C/c3ccccc3Cl)CC2)n[nH]1. The zero-order valence-corrected chi connectivity index (χ0v) is 14.4. The molecule has 1 fully saturated rings. The summed E-state index contributed by atoms with van der Waals surface area (Å²) >= 11 is 6.08. The molecular weight excluding hydrogens is 324 g/mol. The number of halogens is 1. The lowest BCUT2D eigenvalue weighted by Crippen LogP contribution is -2.44. The number of amides is 1. The Hall–Kier alpha value is -2.27. The molecule has 0 aliphatic carbocycles. The highest BCUT2D eigenvalue weighted by molar-refractivity contribution is 6.32. The molecule has 0 unspecified atom stereocenters. The summed E-state index contributed by atoms with van der Waals surface area (Å²) in [5.74, 6) is 0.903. The smallest absolute Gasteiger partial charge is 0.244 e. The van der Waals surface area contributed by atoms with Crippen LogP contribution in [0.4, 0.5) is 5.82 Å². The number of hydrogen-bond acceptors (Lipinski definition) is 3. The number of benzene rings is 1. The van der Waals surface area contributed by atoms with Crippen molar-refractivity contribution in [1.82, 2.24) is 15.5 Å². The van der Waals surface area contributed by atoms with Crippen molar-refractivity contribution in [2.75, 3.05) is 18.0 Å². The van der Waals surface area contributed by atoms with Crippen molar-refractivity contribution in [3.8, 4) is 0 Å². The summed E-state index contributed by atoms with van der Waals surface area (Å²) in [6, 6.07) is 9.71. The van der Waals surface area contributed by atoms with Gasteiger partial charge in [0.1, 0.15) is 0 Å². The lowest BCUT2D eigenvalue weighted by atomic mass is 10.0. The number of nitrogens with one attached hydrogen (secondary N) is 2. The molecule has 0 spiro atoms. The van der Waals surface area contributed by atoms with Crippen LogP contribution in [-0.4, -0.2) is 35.2 Å². The van der Waals surface area contributed by atoms with Gasteiger partial charge in [-0.2, -0.15) is 5.10 Å². The van der Waals surface area contributed by atoms with Gasteiger partial charge in [0.2, 0.25) is 5.91 Å². The lowest BCUT2D eigenvalue weighted by molar-refractivity contribution is -0.117. The number of anilines is 1. The molecule has 1 saturated heterocycles. The van der Waals surface area contributed by atoms with E-state index in [9.17, 15) is 4.79 Å². The zero-order valence-electron chi connectivity index (χ0n) is 13.6. The maximum absolute atomic E-state index is 12.1. The monoisotopic (exact) mass is 344 g/mol. The maximum atomic E-state index is 12.1. The van der Waals surface area contributed by atoms with Crippen LogP contribution in [0.5, 0.6) is 0 Å². The number of aryl methyl sites for hydroxylation is 1. The third-order valence-electron chi connectivity index (χ3n) is 4.18. The van der Waals surface area contributed by atoms with Gasteiger partial charge in [-0.3, -0.25) is 9.89 Å². The third kappa shape index (κ3) is 4.17. The van der Waals surface area contributed by atoms with Crippen LogP contribution < -0.4 is 10.2 Å². The molecule has 0 atom stereocenters. The van der Waals surface area contributed by atoms with Crippen LogP contribution in [0.2, 0.25) is 5.02 Å². The standard InChI is InChI=1S/C18H21ClN4O/c1-13-12-17(22-21-13)23-10-8-15(9-11-23)20-18(24)7-6-14-4-2-3-5-16(14)19/h2-7,12,15H,8-11H2,1H3,(H,20,24)(H,21,22)/b7-6+.